The first-order chi connectivity index (χ1) is 6.58. The summed E-state index contributed by atoms with van der Waals surface area (Å²) >= 11 is 0. The number of aliphatic hydroxyl groups excluding tert-OH is 1. The Labute approximate surface area is 85.7 Å². The molecular formula is C8H19NO4S. The van der Waals surface area contributed by atoms with Crippen molar-refractivity contribution in [1.82, 2.24) is 4.31 Å². The largest absolute Gasteiger partial charge is 0.395 e. The molecule has 0 aromatic heterocycles. The maximum atomic E-state index is 11.6. The summed E-state index contributed by atoms with van der Waals surface area (Å²) in [6.45, 7) is 2.45. The molecule has 0 rings (SSSR count). The Balaban J connectivity index is 4.30. The summed E-state index contributed by atoms with van der Waals surface area (Å²) in [4.78, 5) is 0. The molecule has 6 heteroatoms. The van der Waals surface area contributed by atoms with Crippen LogP contribution in [-0.2, 0) is 14.8 Å². The van der Waals surface area contributed by atoms with Gasteiger partial charge in [-0.15, -0.1) is 0 Å². The maximum absolute atomic E-state index is 11.6. The number of rotatable bonds is 8. The summed E-state index contributed by atoms with van der Waals surface area (Å²) < 4.78 is 29.2. The monoisotopic (exact) mass is 225 g/mol. The molecule has 0 heterocycles. The van der Waals surface area contributed by atoms with Crippen molar-refractivity contribution in [2.75, 3.05) is 39.2 Å². The second-order valence-electron chi connectivity index (χ2n) is 2.93. The molecule has 0 saturated heterocycles. The number of sulfonamides is 1. The van der Waals surface area contributed by atoms with Crippen molar-refractivity contribution in [1.29, 1.82) is 0 Å². The highest BCUT2D eigenvalue weighted by Crippen LogP contribution is 2.02. The van der Waals surface area contributed by atoms with Gasteiger partial charge in [-0.1, -0.05) is 6.92 Å². The predicted octanol–water partition coefficient (Wildman–Crippen LogP) is -0.333. The van der Waals surface area contributed by atoms with Crippen molar-refractivity contribution in [2.24, 2.45) is 0 Å². The molecule has 5 nitrogen and oxygen atoms in total. The summed E-state index contributed by atoms with van der Waals surface area (Å²) in [6, 6.07) is 0. The van der Waals surface area contributed by atoms with E-state index in [9.17, 15) is 8.42 Å². The minimum atomic E-state index is -3.21. The fourth-order valence-corrected chi connectivity index (χ4v) is 2.57. The molecule has 1 N–H and O–H groups in total. The summed E-state index contributed by atoms with van der Waals surface area (Å²) in [7, 11) is -1.70. The Bertz CT molecular complexity index is 227. The number of nitrogens with zero attached hydrogens (tertiary/aromatic N) is 1. The lowest BCUT2D eigenvalue weighted by atomic mass is 10.6. The summed E-state index contributed by atoms with van der Waals surface area (Å²) in [5.41, 5.74) is 0. The van der Waals surface area contributed by atoms with E-state index in [1.54, 1.807) is 0 Å². The van der Waals surface area contributed by atoms with E-state index in [1.807, 2.05) is 6.92 Å². The molecule has 0 aromatic rings. The standard InChI is InChI=1S/C8H19NO4S/c1-3-8-14(11,12)9(4-6-10)5-7-13-2/h10H,3-8H2,1-2H3. The van der Waals surface area contributed by atoms with E-state index in [1.165, 1.54) is 11.4 Å². The van der Waals surface area contributed by atoms with Gasteiger partial charge in [-0.2, -0.15) is 4.31 Å². The normalized spacial score (nSPS) is 12.3. The average Bonchev–Trinajstić information content (AvgIpc) is 2.11. The third kappa shape index (κ3) is 4.90. The SMILES string of the molecule is CCCS(=O)(=O)N(CCO)CCOC. The minimum absolute atomic E-state index is 0.122. The van der Waals surface area contributed by atoms with Gasteiger partial charge in [-0.25, -0.2) is 8.42 Å². The van der Waals surface area contributed by atoms with Gasteiger partial charge < -0.3 is 9.84 Å². The fourth-order valence-electron chi connectivity index (χ4n) is 1.08. The molecule has 0 atom stereocenters. The van der Waals surface area contributed by atoms with Crippen molar-refractivity contribution >= 4 is 10.0 Å². The number of aliphatic hydroxyl groups is 1. The van der Waals surface area contributed by atoms with Crippen LogP contribution in [0.1, 0.15) is 13.3 Å². The second kappa shape index (κ2) is 7.17. The summed E-state index contributed by atoms with van der Waals surface area (Å²) in [5.74, 6) is 0.122. The molecule has 0 bridgehead atoms. The molecule has 0 amide bonds. The molecule has 14 heavy (non-hydrogen) atoms. The molecule has 86 valence electrons. The van der Waals surface area contributed by atoms with Gasteiger partial charge in [0.25, 0.3) is 0 Å². The molecule has 0 aliphatic carbocycles. The van der Waals surface area contributed by atoms with Crippen molar-refractivity contribution < 1.29 is 18.3 Å². The molecule has 0 spiro atoms. The van der Waals surface area contributed by atoms with Crippen LogP contribution >= 0.6 is 0 Å². The van der Waals surface area contributed by atoms with Crippen LogP contribution < -0.4 is 0 Å². The number of methoxy groups -OCH3 is 1. The zero-order chi connectivity index (χ0) is 11.0. The molecular weight excluding hydrogens is 206 g/mol. The van der Waals surface area contributed by atoms with E-state index in [4.69, 9.17) is 9.84 Å². The highest BCUT2D eigenvalue weighted by molar-refractivity contribution is 7.89. The Kier molecular flexibility index (Phi) is 7.08. The lowest BCUT2D eigenvalue weighted by molar-refractivity contribution is 0.168. The van der Waals surface area contributed by atoms with Gasteiger partial charge in [0.2, 0.25) is 10.0 Å². The first kappa shape index (κ1) is 13.8. The van der Waals surface area contributed by atoms with Gasteiger partial charge in [0.15, 0.2) is 0 Å². The topological polar surface area (TPSA) is 66.8 Å². The van der Waals surface area contributed by atoms with Crippen LogP contribution in [0.25, 0.3) is 0 Å². The fraction of sp³-hybridized carbons (Fsp3) is 1.00. The van der Waals surface area contributed by atoms with Gasteiger partial charge in [-0.05, 0) is 6.42 Å². The van der Waals surface area contributed by atoms with Crippen molar-refractivity contribution in [3.8, 4) is 0 Å². The lowest BCUT2D eigenvalue weighted by Crippen LogP contribution is -2.37. The summed E-state index contributed by atoms with van der Waals surface area (Å²) in [5, 5.41) is 8.72. The van der Waals surface area contributed by atoms with Crippen molar-refractivity contribution in [3.05, 3.63) is 0 Å². The molecule has 0 radical (unpaired) electrons. The van der Waals surface area contributed by atoms with Gasteiger partial charge >= 0.3 is 0 Å². The van der Waals surface area contributed by atoms with Crippen molar-refractivity contribution in [2.45, 2.75) is 13.3 Å². The van der Waals surface area contributed by atoms with E-state index in [0.717, 1.165) is 0 Å². The van der Waals surface area contributed by atoms with Crippen molar-refractivity contribution in [3.63, 3.8) is 0 Å². The zero-order valence-electron chi connectivity index (χ0n) is 8.77. The van der Waals surface area contributed by atoms with Crippen LogP contribution in [0, 0.1) is 0 Å². The average molecular weight is 225 g/mol. The second-order valence-corrected chi connectivity index (χ2v) is 5.02. The molecule has 0 saturated carbocycles. The Hall–Kier alpha value is -0.170. The third-order valence-corrected chi connectivity index (χ3v) is 3.83. The molecule has 0 unspecified atom stereocenters. The number of hydrogen-bond acceptors (Lipinski definition) is 4. The van der Waals surface area contributed by atoms with Crippen LogP contribution in [0.3, 0.4) is 0 Å². The van der Waals surface area contributed by atoms with Gasteiger partial charge in [0.1, 0.15) is 0 Å². The van der Waals surface area contributed by atoms with E-state index >= 15 is 0 Å². The van der Waals surface area contributed by atoms with Gasteiger partial charge in [0.05, 0.1) is 19.0 Å². The highest BCUT2D eigenvalue weighted by atomic mass is 32.2. The Morgan fingerprint density at radius 3 is 2.43 bits per heavy atom. The molecule has 0 aliphatic rings. The first-order valence-electron chi connectivity index (χ1n) is 4.66. The van der Waals surface area contributed by atoms with Gasteiger partial charge in [0, 0.05) is 20.2 Å². The number of hydrogen-bond donors (Lipinski definition) is 1. The maximum Gasteiger partial charge on any atom is 0.214 e. The Morgan fingerprint density at radius 2 is 2.00 bits per heavy atom. The van der Waals surface area contributed by atoms with Gasteiger partial charge in [-0.3, -0.25) is 0 Å². The van der Waals surface area contributed by atoms with Crippen LogP contribution in [0.4, 0.5) is 0 Å². The third-order valence-electron chi connectivity index (χ3n) is 1.75. The van der Waals surface area contributed by atoms with E-state index in [0.29, 0.717) is 19.6 Å². The first-order valence-corrected chi connectivity index (χ1v) is 6.27. The smallest absolute Gasteiger partial charge is 0.214 e. The zero-order valence-corrected chi connectivity index (χ0v) is 9.59. The number of ether oxygens (including phenoxy) is 1. The predicted molar refractivity (Wildman–Crippen MR) is 54.6 cm³/mol. The molecule has 0 aliphatic heterocycles. The Morgan fingerprint density at radius 1 is 1.36 bits per heavy atom. The summed E-state index contributed by atoms with van der Waals surface area (Å²) in [6.07, 6.45) is 0.581. The molecule has 0 fully saturated rings. The van der Waals surface area contributed by atoms with E-state index in [2.05, 4.69) is 0 Å². The van der Waals surface area contributed by atoms with E-state index < -0.39 is 10.0 Å². The van der Waals surface area contributed by atoms with Crippen LogP contribution in [-0.4, -0.2) is 57.0 Å². The quantitative estimate of drug-likeness (QED) is 0.614. The van der Waals surface area contributed by atoms with E-state index in [-0.39, 0.29) is 18.9 Å². The lowest BCUT2D eigenvalue weighted by Gasteiger charge is -2.20. The van der Waals surface area contributed by atoms with Crippen LogP contribution in [0.2, 0.25) is 0 Å². The van der Waals surface area contributed by atoms with Crippen LogP contribution in [0.15, 0.2) is 0 Å². The molecule has 0 aromatic carbocycles. The van der Waals surface area contributed by atoms with Crippen LogP contribution in [0.5, 0.6) is 0 Å². The highest BCUT2D eigenvalue weighted by Gasteiger charge is 2.19. The minimum Gasteiger partial charge on any atom is -0.395 e.